The second-order valence-electron chi connectivity index (χ2n) is 9.51. The Morgan fingerprint density at radius 1 is 1.23 bits per heavy atom. The van der Waals surface area contributed by atoms with Crippen molar-refractivity contribution in [2.24, 2.45) is 15.9 Å². The molecule has 1 atom stereocenters. The van der Waals surface area contributed by atoms with Gasteiger partial charge in [-0.1, -0.05) is 5.57 Å². The fraction of sp³-hybridized carbons (Fsp3) is 0.577. The zero-order valence-corrected chi connectivity index (χ0v) is 21.5. The highest BCUT2D eigenvalue weighted by atomic mass is 19.1. The molecule has 8 nitrogen and oxygen atoms in total. The van der Waals surface area contributed by atoms with E-state index in [-0.39, 0.29) is 0 Å². The topological polar surface area (TPSA) is 80.8 Å². The Kier molecular flexibility index (Phi) is 8.05. The Balaban J connectivity index is 1.68. The quantitative estimate of drug-likeness (QED) is 0.521. The van der Waals surface area contributed by atoms with E-state index in [1.165, 1.54) is 30.2 Å². The second-order valence-corrected chi connectivity index (χ2v) is 9.51. The van der Waals surface area contributed by atoms with Crippen molar-refractivity contribution in [3.05, 3.63) is 28.9 Å². The van der Waals surface area contributed by atoms with E-state index in [1.54, 1.807) is 6.20 Å². The summed E-state index contributed by atoms with van der Waals surface area (Å²) in [5, 5.41) is 0. The van der Waals surface area contributed by atoms with Gasteiger partial charge in [-0.3, -0.25) is 9.98 Å². The minimum atomic E-state index is -0.608. The van der Waals surface area contributed by atoms with Gasteiger partial charge in [0.05, 0.1) is 24.9 Å². The van der Waals surface area contributed by atoms with E-state index < -0.39 is 6.67 Å². The van der Waals surface area contributed by atoms with Crippen LogP contribution in [0.5, 0.6) is 6.01 Å². The minimum absolute atomic E-state index is 0.340. The number of halogens is 1. The van der Waals surface area contributed by atoms with Crippen LogP contribution in [0.1, 0.15) is 51.6 Å². The molecule has 0 radical (unpaired) electrons. The summed E-state index contributed by atoms with van der Waals surface area (Å²) in [6.45, 7) is 10.7. The molecule has 0 aromatic carbocycles. The molecule has 0 aliphatic carbocycles. The van der Waals surface area contributed by atoms with Gasteiger partial charge in [0, 0.05) is 24.2 Å². The number of imidazole rings is 1. The fourth-order valence-electron chi connectivity index (χ4n) is 4.86. The molecule has 0 spiro atoms. The number of aromatic nitrogens is 4. The van der Waals surface area contributed by atoms with Gasteiger partial charge in [-0.25, -0.2) is 9.37 Å². The minimum Gasteiger partial charge on any atom is -0.464 e. The van der Waals surface area contributed by atoms with E-state index in [4.69, 9.17) is 14.7 Å². The molecule has 0 amide bonds. The van der Waals surface area contributed by atoms with Crippen molar-refractivity contribution in [1.29, 1.82) is 0 Å². The van der Waals surface area contributed by atoms with Crippen LogP contribution in [0.25, 0.3) is 16.7 Å². The number of aryl methyl sites for hydroxylation is 1. The lowest BCUT2D eigenvalue weighted by Crippen LogP contribution is -2.35. The lowest BCUT2D eigenvalue weighted by atomic mass is 9.84. The zero-order valence-electron chi connectivity index (χ0n) is 21.5. The van der Waals surface area contributed by atoms with E-state index in [2.05, 4.69) is 44.6 Å². The van der Waals surface area contributed by atoms with E-state index in [9.17, 15) is 4.39 Å². The molecule has 0 N–H and O–H groups in total. The first-order valence-corrected chi connectivity index (χ1v) is 12.4. The monoisotopic (exact) mass is 481 g/mol. The lowest BCUT2D eigenvalue weighted by molar-refractivity contribution is 0.198. The predicted molar refractivity (Wildman–Crippen MR) is 139 cm³/mol. The molecule has 0 bridgehead atoms. The molecule has 9 heteroatoms. The zero-order chi connectivity index (χ0) is 24.9. The van der Waals surface area contributed by atoms with Gasteiger partial charge in [0.15, 0.2) is 5.65 Å². The molecule has 35 heavy (non-hydrogen) atoms. The van der Waals surface area contributed by atoms with Gasteiger partial charge in [0.2, 0.25) is 0 Å². The average Bonchev–Trinajstić information content (AvgIpc) is 3.20. The van der Waals surface area contributed by atoms with Crippen LogP contribution in [0.2, 0.25) is 0 Å². The molecule has 4 heterocycles. The highest BCUT2D eigenvalue weighted by molar-refractivity contribution is 5.83. The highest BCUT2D eigenvalue weighted by Crippen LogP contribution is 2.31. The number of dihydropyridines is 1. The molecule has 2 aromatic heterocycles. The van der Waals surface area contributed by atoms with Crippen LogP contribution >= 0.6 is 0 Å². The maximum atomic E-state index is 12.5. The fourth-order valence-corrected chi connectivity index (χ4v) is 4.86. The third-order valence-corrected chi connectivity index (χ3v) is 6.94. The summed E-state index contributed by atoms with van der Waals surface area (Å²) in [5.74, 6) is 1.37. The maximum Gasteiger partial charge on any atom is 0.318 e. The number of fused-ring (bicyclic) bond motifs is 1. The van der Waals surface area contributed by atoms with Crippen LogP contribution in [0.4, 0.5) is 4.39 Å². The number of ether oxygens (including phenoxy) is 1. The van der Waals surface area contributed by atoms with Crippen LogP contribution < -0.4 is 4.74 Å². The number of nitrogens with zero attached hydrogens (tertiary/aromatic N) is 7. The lowest BCUT2D eigenvalue weighted by Gasteiger charge is -2.34. The summed E-state index contributed by atoms with van der Waals surface area (Å²) in [6.07, 6.45) is 8.31. The Hall–Kier alpha value is -2.94. The molecular weight excluding hydrogens is 445 g/mol. The molecule has 1 saturated heterocycles. The number of rotatable bonds is 8. The van der Waals surface area contributed by atoms with E-state index >= 15 is 0 Å². The number of hydrogen-bond acceptors (Lipinski definition) is 7. The molecule has 1 unspecified atom stereocenters. The molecule has 1 fully saturated rings. The molecule has 2 aliphatic heterocycles. The van der Waals surface area contributed by atoms with Gasteiger partial charge in [0.1, 0.15) is 18.0 Å². The SMILES string of the molecule is CCOc1nc(C)c2nc(/C(C)=C/N=C\CF)n(CC3=C(C)CC(C4CCN(C)CC4)N=C3)c2n1. The first-order valence-electron chi connectivity index (χ1n) is 12.4. The van der Waals surface area contributed by atoms with Crippen molar-refractivity contribution in [1.82, 2.24) is 24.4 Å². The number of alkyl halides is 1. The summed E-state index contributed by atoms with van der Waals surface area (Å²) >= 11 is 0. The smallest absolute Gasteiger partial charge is 0.318 e. The number of likely N-dealkylation sites (tertiary alicyclic amines) is 1. The van der Waals surface area contributed by atoms with Crippen molar-refractivity contribution in [3.63, 3.8) is 0 Å². The Morgan fingerprint density at radius 3 is 2.69 bits per heavy atom. The standard InChI is InChI=1S/C26H36FN7O/c1-6-35-26-30-19(4)23-25(32-26)34(24(31-23)18(3)14-28-10-9-27)16-21-15-29-22(13-17(21)2)20-7-11-33(5)12-8-20/h10,14-15,20,22H,6-9,11-13,16H2,1-5H3/b18-14+,28-10-. The molecule has 2 aromatic rings. The maximum absolute atomic E-state index is 12.5. The summed E-state index contributed by atoms with van der Waals surface area (Å²) in [4.78, 5) is 25.4. The Morgan fingerprint density at radius 2 is 2.00 bits per heavy atom. The third kappa shape index (κ3) is 5.66. The van der Waals surface area contributed by atoms with E-state index in [1.807, 2.05) is 20.8 Å². The van der Waals surface area contributed by atoms with Gasteiger partial charge < -0.3 is 14.2 Å². The van der Waals surface area contributed by atoms with Crippen molar-refractivity contribution in [2.45, 2.75) is 59.5 Å². The summed E-state index contributed by atoms with van der Waals surface area (Å²) < 4.78 is 20.2. The number of hydrogen-bond donors (Lipinski definition) is 0. The van der Waals surface area contributed by atoms with Gasteiger partial charge >= 0.3 is 6.01 Å². The Labute approximate surface area is 206 Å². The largest absolute Gasteiger partial charge is 0.464 e. The normalized spacial score (nSPS) is 20.5. The first kappa shape index (κ1) is 25.2. The molecular formula is C26H36FN7O. The van der Waals surface area contributed by atoms with E-state index in [0.29, 0.717) is 36.8 Å². The van der Waals surface area contributed by atoms with Gasteiger partial charge in [-0.2, -0.15) is 9.97 Å². The van der Waals surface area contributed by atoms with Crippen LogP contribution in [0, 0.1) is 12.8 Å². The third-order valence-electron chi connectivity index (χ3n) is 6.94. The van der Waals surface area contributed by atoms with Crippen molar-refractivity contribution >= 4 is 29.2 Å². The van der Waals surface area contributed by atoms with Crippen molar-refractivity contribution < 1.29 is 9.13 Å². The predicted octanol–water partition coefficient (Wildman–Crippen LogP) is 4.44. The number of allylic oxidation sites excluding steroid dienone is 2. The summed E-state index contributed by atoms with van der Waals surface area (Å²) in [7, 11) is 2.19. The van der Waals surface area contributed by atoms with Crippen LogP contribution in [-0.2, 0) is 6.54 Å². The molecule has 4 rings (SSSR count). The van der Waals surface area contributed by atoms with Crippen LogP contribution in [0.3, 0.4) is 0 Å². The second kappa shape index (κ2) is 11.2. The average molecular weight is 482 g/mol. The van der Waals surface area contributed by atoms with Gasteiger partial charge in [-0.15, -0.1) is 0 Å². The molecule has 188 valence electrons. The van der Waals surface area contributed by atoms with Crippen LogP contribution in [-0.4, -0.2) is 76.3 Å². The molecule has 0 saturated carbocycles. The first-order chi connectivity index (χ1) is 16.9. The Bertz CT molecular complexity index is 1170. The van der Waals surface area contributed by atoms with Crippen molar-refractivity contribution in [2.75, 3.05) is 33.4 Å². The summed E-state index contributed by atoms with van der Waals surface area (Å²) in [6, 6.07) is 0.699. The van der Waals surface area contributed by atoms with Gasteiger partial charge in [0.25, 0.3) is 0 Å². The van der Waals surface area contributed by atoms with Gasteiger partial charge in [-0.05, 0) is 78.6 Å². The molecule has 2 aliphatic rings. The van der Waals surface area contributed by atoms with E-state index in [0.717, 1.165) is 42.1 Å². The summed E-state index contributed by atoms with van der Waals surface area (Å²) in [5.41, 5.74) is 5.53. The number of piperidine rings is 1. The van der Waals surface area contributed by atoms with Crippen LogP contribution in [0.15, 0.2) is 27.3 Å². The van der Waals surface area contributed by atoms with Crippen molar-refractivity contribution in [3.8, 4) is 6.01 Å². The number of aliphatic imine (C=N–C) groups is 2. The highest BCUT2D eigenvalue weighted by Gasteiger charge is 2.28.